The van der Waals surface area contributed by atoms with Crippen molar-refractivity contribution in [2.45, 2.75) is 31.7 Å². The fourth-order valence-corrected chi connectivity index (χ4v) is 2.57. The molecule has 1 heterocycles. The van der Waals surface area contributed by atoms with Crippen LogP contribution >= 0.6 is 11.6 Å². The van der Waals surface area contributed by atoms with Gasteiger partial charge in [-0.2, -0.15) is 0 Å². The maximum Gasteiger partial charge on any atom is 0.271 e. The molecule has 0 saturated heterocycles. The standard InChI is InChI=1S/C11H16ClN3O2/c12-9-10(13-7-14-11(9)17)15(5-6-16)8-3-1-2-4-8/h7-8,16H,1-6H2,(H,13,14,17). The lowest BCUT2D eigenvalue weighted by Crippen LogP contribution is -2.37. The molecule has 1 fully saturated rings. The van der Waals surface area contributed by atoms with E-state index in [1.165, 1.54) is 19.2 Å². The Labute approximate surface area is 104 Å². The molecule has 0 aromatic carbocycles. The highest BCUT2D eigenvalue weighted by Gasteiger charge is 2.25. The number of nitrogens with zero attached hydrogens (tertiary/aromatic N) is 2. The van der Waals surface area contributed by atoms with Crippen LogP contribution in [0.15, 0.2) is 11.1 Å². The minimum absolute atomic E-state index is 0.0291. The van der Waals surface area contributed by atoms with E-state index in [1.54, 1.807) is 0 Å². The molecule has 1 saturated carbocycles. The van der Waals surface area contributed by atoms with Gasteiger partial charge in [-0.15, -0.1) is 0 Å². The van der Waals surface area contributed by atoms with Gasteiger partial charge in [0.05, 0.1) is 12.9 Å². The number of hydrogen-bond donors (Lipinski definition) is 2. The molecule has 0 aliphatic heterocycles. The van der Waals surface area contributed by atoms with Gasteiger partial charge in [-0.05, 0) is 12.8 Å². The third-order valence-corrected chi connectivity index (χ3v) is 3.50. The molecule has 0 radical (unpaired) electrons. The van der Waals surface area contributed by atoms with Crippen molar-refractivity contribution >= 4 is 17.4 Å². The normalized spacial score (nSPS) is 16.4. The van der Waals surface area contributed by atoms with Crippen LogP contribution in [0.2, 0.25) is 5.02 Å². The predicted octanol–water partition coefficient (Wildman–Crippen LogP) is 1.16. The monoisotopic (exact) mass is 257 g/mol. The highest BCUT2D eigenvalue weighted by atomic mass is 35.5. The van der Waals surface area contributed by atoms with Crippen LogP contribution in [0.25, 0.3) is 0 Å². The summed E-state index contributed by atoms with van der Waals surface area (Å²) in [6, 6.07) is 0.328. The first-order valence-corrected chi connectivity index (χ1v) is 6.22. The molecule has 0 unspecified atom stereocenters. The molecule has 17 heavy (non-hydrogen) atoms. The van der Waals surface area contributed by atoms with Crippen LogP contribution in [0.1, 0.15) is 25.7 Å². The van der Waals surface area contributed by atoms with E-state index in [2.05, 4.69) is 9.97 Å². The molecule has 2 N–H and O–H groups in total. The van der Waals surface area contributed by atoms with Crippen LogP contribution in [0.3, 0.4) is 0 Å². The number of hydrogen-bond acceptors (Lipinski definition) is 4. The summed E-state index contributed by atoms with van der Waals surface area (Å²) < 4.78 is 0. The Bertz CT molecular complexity index is 429. The first kappa shape index (κ1) is 12.4. The smallest absolute Gasteiger partial charge is 0.271 e. The Kier molecular flexibility index (Phi) is 4.02. The van der Waals surface area contributed by atoms with Crippen LogP contribution in [-0.4, -0.2) is 34.3 Å². The van der Waals surface area contributed by atoms with E-state index in [0.717, 1.165) is 12.8 Å². The van der Waals surface area contributed by atoms with Crippen molar-refractivity contribution in [3.8, 4) is 0 Å². The quantitative estimate of drug-likeness (QED) is 0.850. The van der Waals surface area contributed by atoms with Gasteiger partial charge in [0.2, 0.25) is 0 Å². The molecular weight excluding hydrogens is 242 g/mol. The summed E-state index contributed by atoms with van der Waals surface area (Å²) in [6.07, 6.45) is 5.82. The second-order valence-electron chi connectivity index (χ2n) is 4.22. The zero-order chi connectivity index (χ0) is 12.3. The molecular formula is C11H16ClN3O2. The molecule has 6 heteroatoms. The Balaban J connectivity index is 2.31. The third-order valence-electron chi connectivity index (χ3n) is 3.16. The summed E-state index contributed by atoms with van der Waals surface area (Å²) in [5.41, 5.74) is -0.336. The maximum atomic E-state index is 11.4. The lowest BCUT2D eigenvalue weighted by Gasteiger charge is -2.29. The lowest BCUT2D eigenvalue weighted by atomic mass is 10.2. The number of aliphatic hydroxyl groups is 1. The first-order valence-electron chi connectivity index (χ1n) is 5.84. The largest absolute Gasteiger partial charge is 0.395 e. The minimum atomic E-state index is -0.336. The van der Waals surface area contributed by atoms with E-state index in [1.807, 2.05) is 4.90 Å². The molecule has 0 bridgehead atoms. The van der Waals surface area contributed by atoms with Crippen LogP contribution in [0.4, 0.5) is 5.82 Å². The number of anilines is 1. The molecule has 1 aromatic rings. The molecule has 1 aliphatic carbocycles. The summed E-state index contributed by atoms with van der Waals surface area (Å²) in [5, 5.41) is 9.22. The highest BCUT2D eigenvalue weighted by molar-refractivity contribution is 6.32. The van der Waals surface area contributed by atoms with Crippen molar-refractivity contribution in [1.29, 1.82) is 0 Å². The molecule has 2 rings (SSSR count). The number of H-pyrrole nitrogens is 1. The predicted molar refractivity (Wildman–Crippen MR) is 66.6 cm³/mol. The van der Waals surface area contributed by atoms with Gasteiger partial charge in [-0.25, -0.2) is 4.98 Å². The van der Waals surface area contributed by atoms with Gasteiger partial charge in [0.1, 0.15) is 5.02 Å². The van der Waals surface area contributed by atoms with Crippen molar-refractivity contribution in [2.75, 3.05) is 18.1 Å². The summed E-state index contributed by atoms with van der Waals surface area (Å²) >= 11 is 5.97. The average molecular weight is 258 g/mol. The second kappa shape index (κ2) is 5.51. The number of halogens is 1. The molecule has 0 atom stereocenters. The minimum Gasteiger partial charge on any atom is -0.395 e. The number of aromatic nitrogens is 2. The van der Waals surface area contributed by atoms with Gasteiger partial charge in [0.25, 0.3) is 5.56 Å². The van der Waals surface area contributed by atoms with Gasteiger partial charge in [0, 0.05) is 12.6 Å². The van der Waals surface area contributed by atoms with Crippen LogP contribution in [0.5, 0.6) is 0 Å². The van der Waals surface area contributed by atoms with Gasteiger partial charge in [0.15, 0.2) is 5.82 Å². The zero-order valence-electron chi connectivity index (χ0n) is 9.53. The fourth-order valence-electron chi connectivity index (χ4n) is 2.36. The fraction of sp³-hybridized carbons (Fsp3) is 0.636. The van der Waals surface area contributed by atoms with E-state index >= 15 is 0 Å². The second-order valence-corrected chi connectivity index (χ2v) is 4.60. The number of rotatable bonds is 4. The van der Waals surface area contributed by atoms with Crippen molar-refractivity contribution < 1.29 is 5.11 Å². The van der Waals surface area contributed by atoms with E-state index in [4.69, 9.17) is 16.7 Å². The molecule has 0 amide bonds. The van der Waals surface area contributed by atoms with Crippen molar-refractivity contribution in [1.82, 2.24) is 9.97 Å². The topological polar surface area (TPSA) is 69.2 Å². The summed E-state index contributed by atoms with van der Waals surface area (Å²) in [6.45, 7) is 0.488. The van der Waals surface area contributed by atoms with Crippen molar-refractivity contribution in [3.63, 3.8) is 0 Å². The van der Waals surface area contributed by atoms with Crippen molar-refractivity contribution in [2.24, 2.45) is 0 Å². The van der Waals surface area contributed by atoms with Gasteiger partial charge in [-0.1, -0.05) is 24.4 Å². The van der Waals surface area contributed by atoms with Crippen LogP contribution in [0, 0.1) is 0 Å². The van der Waals surface area contributed by atoms with E-state index < -0.39 is 0 Å². The Morgan fingerprint density at radius 2 is 2.24 bits per heavy atom. The van der Waals surface area contributed by atoms with Crippen LogP contribution in [-0.2, 0) is 0 Å². The molecule has 5 nitrogen and oxygen atoms in total. The summed E-state index contributed by atoms with van der Waals surface area (Å²) in [4.78, 5) is 20.0. The van der Waals surface area contributed by atoms with Crippen LogP contribution < -0.4 is 10.5 Å². The Hall–Kier alpha value is -1.07. The van der Waals surface area contributed by atoms with Gasteiger partial charge in [-0.3, -0.25) is 4.79 Å². The maximum absolute atomic E-state index is 11.4. The van der Waals surface area contributed by atoms with E-state index in [-0.39, 0.29) is 17.2 Å². The lowest BCUT2D eigenvalue weighted by molar-refractivity contribution is 0.297. The molecule has 94 valence electrons. The zero-order valence-corrected chi connectivity index (χ0v) is 10.3. The Morgan fingerprint density at radius 1 is 1.53 bits per heavy atom. The first-order chi connectivity index (χ1) is 8.24. The molecule has 1 aromatic heterocycles. The third kappa shape index (κ3) is 2.61. The summed E-state index contributed by atoms with van der Waals surface area (Å²) in [7, 11) is 0. The van der Waals surface area contributed by atoms with Gasteiger partial charge >= 0.3 is 0 Å². The van der Waals surface area contributed by atoms with Gasteiger partial charge < -0.3 is 15.0 Å². The Morgan fingerprint density at radius 3 is 2.88 bits per heavy atom. The molecule has 0 spiro atoms. The van der Waals surface area contributed by atoms with Crippen molar-refractivity contribution in [3.05, 3.63) is 21.7 Å². The summed E-state index contributed by atoms with van der Waals surface area (Å²) in [5.74, 6) is 0.483. The number of aliphatic hydroxyl groups excluding tert-OH is 1. The van der Waals surface area contributed by atoms with E-state index in [9.17, 15) is 4.79 Å². The van der Waals surface area contributed by atoms with E-state index in [0.29, 0.717) is 18.4 Å². The molecule has 1 aliphatic rings. The highest BCUT2D eigenvalue weighted by Crippen LogP contribution is 2.29. The average Bonchev–Trinajstić information content (AvgIpc) is 2.84. The SMILES string of the molecule is O=c1[nH]cnc(N(CCO)C2CCCC2)c1Cl. The number of nitrogens with one attached hydrogen (secondary N) is 1. The number of aromatic amines is 1.